The molecule has 0 atom stereocenters. The van der Waals surface area contributed by atoms with Gasteiger partial charge in [-0.1, -0.05) is 23.5 Å². The number of carbonyl (C=O) groups is 1. The van der Waals surface area contributed by atoms with Gasteiger partial charge in [-0.05, 0) is 38.5 Å². The van der Waals surface area contributed by atoms with E-state index < -0.39 is 17.2 Å². The molecule has 9 nitrogen and oxygen atoms in total. The highest BCUT2D eigenvalue weighted by Gasteiger charge is 2.21. The summed E-state index contributed by atoms with van der Waals surface area (Å²) >= 11 is 1.22. The number of amides is 1. The number of nitrogens with zero attached hydrogens (tertiary/aromatic N) is 4. The van der Waals surface area contributed by atoms with E-state index in [0.717, 1.165) is 10.1 Å². The fourth-order valence-corrected chi connectivity index (χ4v) is 4.53. The van der Waals surface area contributed by atoms with Crippen molar-refractivity contribution in [2.24, 2.45) is 0 Å². The third kappa shape index (κ3) is 4.45. The molecule has 1 N–H and O–H groups in total. The lowest BCUT2D eigenvalue weighted by Gasteiger charge is -2.16. The Bertz CT molecular complexity index is 1270. The highest BCUT2D eigenvalue weighted by Crippen LogP contribution is 2.27. The molecule has 32 heavy (non-hydrogen) atoms. The molecule has 0 unspecified atom stereocenters. The number of methoxy groups -OCH3 is 1. The molecule has 10 heteroatoms. The van der Waals surface area contributed by atoms with Crippen molar-refractivity contribution < 1.29 is 9.53 Å². The minimum atomic E-state index is -0.606. The molecule has 0 bridgehead atoms. The number of ether oxygens (including phenoxy) is 1. The SMILES string of the molecule is C=CCn1c(=O)c2sc(N(CC)CC)nc2n(CC(=O)Nc2cc(C)ccc2OC)c1=O. The lowest BCUT2D eigenvalue weighted by atomic mass is 10.2. The van der Waals surface area contributed by atoms with Crippen molar-refractivity contribution in [3.8, 4) is 5.75 Å². The van der Waals surface area contributed by atoms with E-state index in [0.29, 0.717) is 34.4 Å². The van der Waals surface area contributed by atoms with Gasteiger partial charge in [-0.2, -0.15) is 0 Å². The number of benzene rings is 1. The number of rotatable bonds is 9. The molecule has 170 valence electrons. The zero-order valence-electron chi connectivity index (χ0n) is 18.7. The molecule has 2 heterocycles. The maximum Gasteiger partial charge on any atom is 0.333 e. The van der Waals surface area contributed by atoms with E-state index in [1.807, 2.05) is 31.7 Å². The van der Waals surface area contributed by atoms with E-state index in [2.05, 4.69) is 16.9 Å². The van der Waals surface area contributed by atoms with E-state index in [4.69, 9.17) is 4.74 Å². The summed E-state index contributed by atoms with van der Waals surface area (Å²) in [6.45, 7) is 10.7. The molecule has 0 spiro atoms. The molecular formula is C22H27N5O4S. The summed E-state index contributed by atoms with van der Waals surface area (Å²) in [6, 6.07) is 5.42. The number of hydrogen-bond donors (Lipinski definition) is 1. The van der Waals surface area contributed by atoms with Crippen molar-refractivity contribution in [1.29, 1.82) is 0 Å². The quantitative estimate of drug-likeness (QED) is 0.496. The summed E-state index contributed by atoms with van der Waals surface area (Å²) in [6.07, 6.45) is 1.48. The molecule has 0 aliphatic heterocycles. The first kappa shape index (κ1) is 23.3. The molecule has 3 aromatic rings. The van der Waals surface area contributed by atoms with Crippen molar-refractivity contribution >= 4 is 38.4 Å². The van der Waals surface area contributed by atoms with Crippen LogP contribution in [0.3, 0.4) is 0 Å². The van der Waals surface area contributed by atoms with Crippen LogP contribution < -0.4 is 26.2 Å². The molecule has 0 saturated heterocycles. The number of anilines is 2. The van der Waals surface area contributed by atoms with Crippen LogP contribution in [0.1, 0.15) is 19.4 Å². The van der Waals surface area contributed by atoms with Gasteiger partial charge in [-0.3, -0.25) is 18.7 Å². The number of hydrogen-bond acceptors (Lipinski definition) is 7. The number of fused-ring (bicyclic) bond motifs is 1. The molecule has 0 aliphatic rings. The Morgan fingerprint density at radius 1 is 1.28 bits per heavy atom. The van der Waals surface area contributed by atoms with Gasteiger partial charge >= 0.3 is 5.69 Å². The number of aryl methyl sites for hydroxylation is 1. The lowest BCUT2D eigenvalue weighted by Crippen LogP contribution is -2.41. The van der Waals surface area contributed by atoms with Gasteiger partial charge in [0.2, 0.25) is 5.91 Å². The third-order valence-electron chi connectivity index (χ3n) is 5.03. The van der Waals surface area contributed by atoms with E-state index in [1.165, 1.54) is 29.1 Å². The van der Waals surface area contributed by atoms with Crippen LogP contribution in [0.25, 0.3) is 10.3 Å². The minimum Gasteiger partial charge on any atom is -0.495 e. The van der Waals surface area contributed by atoms with Crippen LogP contribution >= 0.6 is 11.3 Å². The predicted molar refractivity (Wildman–Crippen MR) is 128 cm³/mol. The van der Waals surface area contributed by atoms with Gasteiger partial charge in [0.05, 0.1) is 12.8 Å². The Hall–Kier alpha value is -3.40. The number of aromatic nitrogens is 3. The smallest absolute Gasteiger partial charge is 0.333 e. The second kappa shape index (κ2) is 9.82. The lowest BCUT2D eigenvalue weighted by molar-refractivity contribution is -0.116. The van der Waals surface area contributed by atoms with Crippen molar-refractivity contribution in [1.82, 2.24) is 14.1 Å². The second-order valence-electron chi connectivity index (χ2n) is 7.15. The average Bonchev–Trinajstić information content (AvgIpc) is 3.20. The molecule has 2 aromatic heterocycles. The van der Waals surface area contributed by atoms with Crippen LogP contribution in [0.5, 0.6) is 5.75 Å². The maximum absolute atomic E-state index is 13.1. The molecule has 0 saturated carbocycles. The van der Waals surface area contributed by atoms with Crippen molar-refractivity contribution in [2.75, 3.05) is 30.4 Å². The predicted octanol–water partition coefficient (Wildman–Crippen LogP) is 2.61. The van der Waals surface area contributed by atoms with Crippen molar-refractivity contribution in [3.63, 3.8) is 0 Å². The van der Waals surface area contributed by atoms with E-state index >= 15 is 0 Å². The van der Waals surface area contributed by atoms with Gasteiger partial charge in [-0.25, -0.2) is 9.78 Å². The summed E-state index contributed by atoms with van der Waals surface area (Å²) < 4.78 is 7.95. The summed E-state index contributed by atoms with van der Waals surface area (Å²) in [7, 11) is 1.52. The summed E-state index contributed by atoms with van der Waals surface area (Å²) in [5.41, 5.74) is 0.619. The highest BCUT2D eigenvalue weighted by molar-refractivity contribution is 7.22. The molecule has 3 rings (SSSR count). The fraction of sp³-hybridized carbons (Fsp3) is 0.364. The Kier molecular flexibility index (Phi) is 7.14. The minimum absolute atomic E-state index is 0.0411. The van der Waals surface area contributed by atoms with Crippen LogP contribution in [0.4, 0.5) is 10.8 Å². The zero-order chi connectivity index (χ0) is 23.4. The van der Waals surface area contributed by atoms with Crippen molar-refractivity contribution in [3.05, 3.63) is 57.3 Å². The molecule has 1 aromatic carbocycles. The molecular weight excluding hydrogens is 430 g/mol. The highest BCUT2D eigenvalue weighted by atomic mass is 32.1. The largest absolute Gasteiger partial charge is 0.495 e. The summed E-state index contributed by atoms with van der Waals surface area (Å²) in [5.74, 6) is 0.0778. The van der Waals surface area contributed by atoms with Crippen molar-refractivity contribution in [2.45, 2.75) is 33.9 Å². The van der Waals surface area contributed by atoms with E-state index in [9.17, 15) is 14.4 Å². The van der Waals surface area contributed by atoms with Gasteiger partial charge in [0.1, 0.15) is 17.0 Å². The Balaban J connectivity index is 2.09. The first-order valence-corrected chi connectivity index (χ1v) is 11.1. The van der Waals surface area contributed by atoms with Gasteiger partial charge in [-0.15, -0.1) is 6.58 Å². The van der Waals surface area contributed by atoms with Crippen LogP contribution in [0.2, 0.25) is 0 Å². The van der Waals surface area contributed by atoms with Gasteiger partial charge < -0.3 is 15.0 Å². The summed E-state index contributed by atoms with van der Waals surface area (Å²) in [5, 5.41) is 3.43. The second-order valence-corrected chi connectivity index (χ2v) is 8.12. The van der Waals surface area contributed by atoms with Crippen LogP contribution in [-0.4, -0.2) is 40.2 Å². The number of allylic oxidation sites excluding steroid dienone is 1. The third-order valence-corrected chi connectivity index (χ3v) is 6.12. The zero-order valence-corrected chi connectivity index (χ0v) is 19.5. The molecule has 0 radical (unpaired) electrons. The topological polar surface area (TPSA) is 98.5 Å². The first-order valence-electron chi connectivity index (χ1n) is 10.3. The van der Waals surface area contributed by atoms with E-state index in [1.54, 1.807) is 12.1 Å². The van der Waals surface area contributed by atoms with Gasteiger partial charge in [0.25, 0.3) is 5.56 Å². The van der Waals surface area contributed by atoms with Crippen LogP contribution in [0.15, 0.2) is 40.4 Å². The monoisotopic (exact) mass is 457 g/mol. The average molecular weight is 458 g/mol. The van der Waals surface area contributed by atoms with Crippen LogP contribution in [0, 0.1) is 6.92 Å². The number of nitrogens with one attached hydrogen (secondary N) is 1. The fourth-order valence-electron chi connectivity index (χ4n) is 3.38. The van der Waals surface area contributed by atoms with Gasteiger partial charge in [0, 0.05) is 19.6 Å². The van der Waals surface area contributed by atoms with Gasteiger partial charge in [0.15, 0.2) is 10.8 Å². The normalized spacial score (nSPS) is 10.9. The molecule has 0 aliphatic carbocycles. The maximum atomic E-state index is 13.1. The van der Waals surface area contributed by atoms with E-state index in [-0.39, 0.29) is 18.7 Å². The standard InChI is InChI=1S/C22H27N5O4S/c1-6-11-26-20(29)18-19(24-21(32-18)25(7-2)8-3)27(22(26)30)13-17(28)23-15-12-14(4)9-10-16(15)31-5/h6,9-10,12H,1,7-8,11,13H2,2-5H3,(H,23,28). The number of thiazole rings is 1. The number of carbonyl (C=O) groups excluding carboxylic acids is 1. The molecule has 1 amide bonds. The Morgan fingerprint density at radius 3 is 2.62 bits per heavy atom. The summed E-state index contributed by atoms with van der Waals surface area (Å²) in [4.78, 5) is 45.5. The Labute approximate surface area is 189 Å². The molecule has 0 fully saturated rings. The Morgan fingerprint density at radius 2 is 2.00 bits per heavy atom. The first-order chi connectivity index (χ1) is 15.3. The van der Waals surface area contributed by atoms with Crippen LogP contribution in [-0.2, 0) is 17.9 Å².